The minimum absolute atomic E-state index is 0.125. The molecule has 0 unspecified atom stereocenters. The first-order chi connectivity index (χ1) is 13.1. The standard InChI is InChI=1S/C20H17FN2O3S/c21-13-5-3-4-12(10-13)8-9-17(24)26-11-16-22-19(25)18-14-6-1-2-7-15(14)27-20(18)23-16/h3-5,8-10H,1-2,6-7,11H2,(H,22,23,25)/b9-8+. The molecule has 1 N–H and O–H groups in total. The molecule has 0 spiro atoms. The number of nitrogens with zero attached hydrogens (tertiary/aromatic N) is 1. The van der Waals surface area contributed by atoms with Crippen molar-refractivity contribution in [1.82, 2.24) is 9.97 Å². The molecular formula is C20H17FN2O3S. The summed E-state index contributed by atoms with van der Waals surface area (Å²) in [5, 5.41) is 0.677. The van der Waals surface area contributed by atoms with Crippen molar-refractivity contribution in [3.8, 4) is 0 Å². The minimum Gasteiger partial charge on any atom is -0.454 e. The number of esters is 1. The molecule has 1 aromatic carbocycles. The molecule has 7 heteroatoms. The molecular weight excluding hydrogens is 367 g/mol. The molecule has 0 saturated carbocycles. The molecule has 2 heterocycles. The number of aromatic nitrogens is 2. The molecule has 2 aromatic heterocycles. The van der Waals surface area contributed by atoms with Gasteiger partial charge in [-0.05, 0) is 55.0 Å². The number of aromatic amines is 1. The van der Waals surface area contributed by atoms with E-state index in [9.17, 15) is 14.0 Å². The summed E-state index contributed by atoms with van der Waals surface area (Å²) < 4.78 is 18.3. The maximum atomic E-state index is 13.1. The number of ether oxygens (including phenoxy) is 1. The lowest BCUT2D eigenvalue weighted by Gasteiger charge is -2.09. The lowest BCUT2D eigenvalue weighted by atomic mass is 9.97. The van der Waals surface area contributed by atoms with Crippen LogP contribution >= 0.6 is 11.3 Å². The van der Waals surface area contributed by atoms with Crippen LogP contribution in [0.2, 0.25) is 0 Å². The van der Waals surface area contributed by atoms with E-state index in [2.05, 4.69) is 9.97 Å². The van der Waals surface area contributed by atoms with Gasteiger partial charge in [0.15, 0.2) is 0 Å². The molecule has 0 aliphatic heterocycles. The van der Waals surface area contributed by atoms with E-state index in [1.165, 1.54) is 29.2 Å². The zero-order chi connectivity index (χ0) is 18.8. The number of carbonyl (C=O) groups excluding carboxylic acids is 1. The van der Waals surface area contributed by atoms with Gasteiger partial charge < -0.3 is 9.72 Å². The van der Waals surface area contributed by atoms with E-state index in [4.69, 9.17) is 4.74 Å². The van der Waals surface area contributed by atoms with Crippen LogP contribution < -0.4 is 5.56 Å². The molecule has 0 amide bonds. The molecule has 0 fully saturated rings. The van der Waals surface area contributed by atoms with Gasteiger partial charge in [0.25, 0.3) is 5.56 Å². The van der Waals surface area contributed by atoms with Gasteiger partial charge in [0.2, 0.25) is 0 Å². The lowest BCUT2D eigenvalue weighted by molar-refractivity contribution is -0.139. The third-order valence-corrected chi connectivity index (χ3v) is 5.67. The number of hydrogen-bond acceptors (Lipinski definition) is 5. The van der Waals surface area contributed by atoms with Gasteiger partial charge in [0.05, 0.1) is 5.39 Å². The zero-order valence-electron chi connectivity index (χ0n) is 14.5. The third-order valence-electron chi connectivity index (χ3n) is 4.49. The fraction of sp³-hybridized carbons (Fsp3) is 0.250. The average molecular weight is 384 g/mol. The largest absolute Gasteiger partial charge is 0.454 e. The smallest absolute Gasteiger partial charge is 0.331 e. The highest BCUT2D eigenvalue weighted by Crippen LogP contribution is 2.33. The van der Waals surface area contributed by atoms with E-state index in [1.54, 1.807) is 23.5 Å². The summed E-state index contributed by atoms with van der Waals surface area (Å²) in [6, 6.07) is 5.88. The maximum absolute atomic E-state index is 13.1. The number of benzene rings is 1. The van der Waals surface area contributed by atoms with Crippen LogP contribution in [0.3, 0.4) is 0 Å². The Kier molecular flexibility index (Phi) is 4.85. The Hall–Kier alpha value is -2.80. The predicted molar refractivity (Wildman–Crippen MR) is 102 cm³/mol. The van der Waals surface area contributed by atoms with Crippen LogP contribution in [0.1, 0.15) is 34.7 Å². The van der Waals surface area contributed by atoms with Gasteiger partial charge in [0.1, 0.15) is 23.1 Å². The van der Waals surface area contributed by atoms with E-state index < -0.39 is 5.97 Å². The molecule has 0 saturated heterocycles. The molecule has 0 bridgehead atoms. The first-order valence-corrected chi connectivity index (χ1v) is 9.55. The van der Waals surface area contributed by atoms with Crippen molar-refractivity contribution >= 4 is 33.6 Å². The maximum Gasteiger partial charge on any atom is 0.331 e. The summed E-state index contributed by atoms with van der Waals surface area (Å²) in [6.45, 7) is -0.125. The summed E-state index contributed by atoms with van der Waals surface area (Å²) in [5.41, 5.74) is 1.50. The number of carbonyl (C=O) groups is 1. The van der Waals surface area contributed by atoms with Crippen LogP contribution in [0, 0.1) is 5.82 Å². The first-order valence-electron chi connectivity index (χ1n) is 8.74. The monoisotopic (exact) mass is 384 g/mol. The second-order valence-electron chi connectivity index (χ2n) is 6.40. The second kappa shape index (κ2) is 7.44. The minimum atomic E-state index is -0.590. The van der Waals surface area contributed by atoms with Crippen molar-refractivity contribution in [2.24, 2.45) is 0 Å². The van der Waals surface area contributed by atoms with E-state index in [0.717, 1.165) is 31.2 Å². The molecule has 4 rings (SSSR count). The summed E-state index contributed by atoms with van der Waals surface area (Å²) in [6.07, 6.45) is 6.83. The normalized spacial score (nSPS) is 13.8. The number of fused-ring (bicyclic) bond motifs is 3. The molecule has 5 nitrogen and oxygen atoms in total. The van der Waals surface area contributed by atoms with Crippen molar-refractivity contribution in [2.45, 2.75) is 32.3 Å². The molecule has 1 aliphatic rings. The Morgan fingerprint density at radius 3 is 3.04 bits per heavy atom. The Balaban J connectivity index is 1.47. The van der Waals surface area contributed by atoms with Crippen molar-refractivity contribution in [1.29, 1.82) is 0 Å². The van der Waals surface area contributed by atoms with Crippen LogP contribution in [0.4, 0.5) is 4.39 Å². The Labute approximate surface area is 158 Å². The number of hydrogen-bond donors (Lipinski definition) is 1. The molecule has 0 radical (unpaired) electrons. The highest BCUT2D eigenvalue weighted by molar-refractivity contribution is 7.18. The number of rotatable bonds is 4. The molecule has 3 aromatic rings. The van der Waals surface area contributed by atoms with Crippen LogP contribution in [0.5, 0.6) is 0 Å². The highest BCUT2D eigenvalue weighted by atomic mass is 32.1. The first kappa shape index (κ1) is 17.6. The Morgan fingerprint density at radius 1 is 1.33 bits per heavy atom. The fourth-order valence-corrected chi connectivity index (χ4v) is 4.52. The average Bonchev–Trinajstić information content (AvgIpc) is 3.03. The molecule has 1 aliphatic carbocycles. The number of H-pyrrole nitrogens is 1. The predicted octanol–water partition coefficient (Wildman–Crippen LogP) is 3.76. The lowest BCUT2D eigenvalue weighted by Crippen LogP contribution is -2.14. The van der Waals surface area contributed by atoms with E-state index >= 15 is 0 Å². The summed E-state index contributed by atoms with van der Waals surface area (Å²) in [5.74, 6) is -0.648. The molecule has 138 valence electrons. The van der Waals surface area contributed by atoms with E-state index in [-0.39, 0.29) is 18.0 Å². The topological polar surface area (TPSA) is 72.0 Å². The van der Waals surface area contributed by atoms with E-state index in [0.29, 0.717) is 21.6 Å². The Bertz CT molecular complexity index is 1100. The van der Waals surface area contributed by atoms with Crippen molar-refractivity contribution in [3.63, 3.8) is 0 Å². The number of nitrogens with one attached hydrogen (secondary N) is 1. The van der Waals surface area contributed by atoms with Crippen LogP contribution in [0.15, 0.2) is 35.1 Å². The van der Waals surface area contributed by atoms with Crippen molar-refractivity contribution < 1.29 is 13.9 Å². The van der Waals surface area contributed by atoms with E-state index in [1.807, 2.05) is 0 Å². The molecule has 27 heavy (non-hydrogen) atoms. The second-order valence-corrected chi connectivity index (χ2v) is 7.48. The summed E-state index contributed by atoms with van der Waals surface area (Å²) in [7, 11) is 0. The quantitative estimate of drug-likeness (QED) is 0.549. The van der Waals surface area contributed by atoms with Gasteiger partial charge in [-0.1, -0.05) is 12.1 Å². The fourth-order valence-electron chi connectivity index (χ4n) is 3.24. The van der Waals surface area contributed by atoms with Gasteiger partial charge in [-0.3, -0.25) is 4.79 Å². The Morgan fingerprint density at radius 2 is 2.19 bits per heavy atom. The van der Waals surface area contributed by atoms with Crippen molar-refractivity contribution in [2.75, 3.05) is 0 Å². The van der Waals surface area contributed by atoms with Gasteiger partial charge in [-0.25, -0.2) is 14.2 Å². The third kappa shape index (κ3) is 3.83. The van der Waals surface area contributed by atoms with Crippen LogP contribution in [-0.4, -0.2) is 15.9 Å². The number of thiophene rings is 1. The van der Waals surface area contributed by atoms with Gasteiger partial charge in [0, 0.05) is 11.0 Å². The summed E-state index contributed by atoms with van der Waals surface area (Å²) in [4.78, 5) is 33.4. The van der Waals surface area contributed by atoms with Crippen LogP contribution in [-0.2, 0) is 29.0 Å². The number of halogens is 1. The van der Waals surface area contributed by atoms with Gasteiger partial charge in [-0.2, -0.15) is 0 Å². The van der Waals surface area contributed by atoms with Gasteiger partial charge in [-0.15, -0.1) is 11.3 Å². The number of aryl methyl sites for hydroxylation is 2. The van der Waals surface area contributed by atoms with Gasteiger partial charge >= 0.3 is 5.97 Å². The zero-order valence-corrected chi connectivity index (χ0v) is 15.3. The highest BCUT2D eigenvalue weighted by Gasteiger charge is 2.19. The summed E-state index contributed by atoms with van der Waals surface area (Å²) >= 11 is 1.55. The van der Waals surface area contributed by atoms with Crippen molar-refractivity contribution in [3.05, 3.63) is 68.3 Å². The molecule has 0 atom stereocenters. The SMILES string of the molecule is O=C(/C=C/c1cccc(F)c1)OCc1nc2sc3c(c2c(=O)[nH]1)CCCC3. The van der Waals surface area contributed by atoms with Crippen LogP contribution in [0.25, 0.3) is 16.3 Å².